The highest BCUT2D eigenvalue weighted by atomic mass is 32.2. The van der Waals surface area contributed by atoms with E-state index < -0.39 is 16.1 Å². The van der Waals surface area contributed by atoms with E-state index in [1.807, 2.05) is 70.2 Å². The zero-order valence-corrected chi connectivity index (χ0v) is 23.7. The highest BCUT2D eigenvalue weighted by molar-refractivity contribution is 7.92. The lowest BCUT2D eigenvalue weighted by Crippen LogP contribution is -2.50. The van der Waals surface area contributed by atoms with Crippen LogP contribution in [0.2, 0.25) is 0 Å². The van der Waals surface area contributed by atoms with Gasteiger partial charge >= 0.3 is 0 Å². The van der Waals surface area contributed by atoms with E-state index in [4.69, 9.17) is 4.74 Å². The molecule has 0 saturated carbocycles. The third-order valence-electron chi connectivity index (χ3n) is 6.32. The van der Waals surface area contributed by atoms with E-state index in [1.54, 1.807) is 18.1 Å². The molecule has 2 aromatic carbocycles. The number of anilines is 1. The molecule has 0 aromatic heterocycles. The van der Waals surface area contributed by atoms with Crippen LogP contribution in [0.5, 0.6) is 5.75 Å². The van der Waals surface area contributed by atoms with Crippen LogP contribution in [0, 0.1) is 6.92 Å². The van der Waals surface area contributed by atoms with E-state index in [0.29, 0.717) is 24.3 Å². The number of carbonyl (C=O) groups is 2. The number of carbonyl (C=O) groups excluding carboxylic acids is 2. The summed E-state index contributed by atoms with van der Waals surface area (Å²) in [7, 11) is -1.95. The topological polar surface area (TPSA) is 96.0 Å². The summed E-state index contributed by atoms with van der Waals surface area (Å²) in [6.07, 6.45) is 2.83. The van der Waals surface area contributed by atoms with Gasteiger partial charge in [-0.3, -0.25) is 13.9 Å². The number of methoxy groups -OCH3 is 1. The zero-order valence-electron chi connectivity index (χ0n) is 22.9. The molecule has 2 atom stereocenters. The number of sulfonamides is 1. The molecule has 0 fully saturated rings. The molecular weight excluding hydrogens is 490 g/mol. The van der Waals surface area contributed by atoms with Crippen LogP contribution in [0.1, 0.15) is 57.6 Å². The first-order chi connectivity index (χ1) is 17.5. The van der Waals surface area contributed by atoms with E-state index >= 15 is 0 Å². The summed E-state index contributed by atoms with van der Waals surface area (Å²) in [6, 6.07) is 14.0. The molecule has 0 unspecified atom stereocenters. The maximum atomic E-state index is 13.5. The minimum Gasteiger partial charge on any atom is -0.497 e. The number of hydrogen-bond donors (Lipinski definition) is 1. The third kappa shape index (κ3) is 9.07. The fourth-order valence-corrected chi connectivity index (χ4v) is 5.07. The summed E-state index contributed by atoms with van der Waals surface area (Å²) in [6.45, 7) is 8.12. The predicted octanol–water partition coefficient (Wildman–Crippen LogP) is 4.27. The van der Waals surface area contributed by atoms with Gasteiger partial charge in [0, 0.05) is 25.6 Å². The molecule has 0 spiro atoms. The first-order valence-corrected chi connectivity index (χ1v) is 14.6. The lowest BCUT2D eigenvalue weighted by atomic mass is 10.1. The van der Waals surface area contributed by atoms with Crippen molar-refractivity contribution in [2.75, 3.05) is 24.2 Å². The average molecular weight is 532 g/mol. The van der Waals surface area contributed by atoms with Crippen LogP contribution in [0.4, 0.5) is 5.69 Å². The van der Waals surface area contributed by atoms with Gasteiger partial charge < -0.3 is 15.0 Å². The van der Waals surface area contributed by atoms with Gasteiger partial charge in [-0.2, -0.15) is 0 Å². The van der Waals surface area contributed by atoms with Crippen LogP contribution in [0.3, 0.4) is 0 Å². The first kappa shape index (κ1) is 30.2. The van der Waals surface area contributed by atoms with Crippen molar-refractivity contribution in [1.29, 1.82) is 0 Å². The maximum absolute atomic E-state index is 13.5. The summed E-state index contributed by atoms with van der Waals surface area (Å²) < 4.78 is 31.6. The number of aryl methyl sites for hydroxylation is 1. The number of amides is 2. The van der Waals surface area contributed by atoms with Gasteiger partial charge in [0.25, 0.3) is 0 Å². The van der Waals surface area contributed by atoms with Crippen LogP contribution in [-0.4, -0.2) is 57.1 Å². The normalized spacial score (nSPS) is 12.9. The van der Waals surface area contributed by atoms with Gasteiger partial charge in [0.2, 0.25) is 21.8 Å². The van der Waals surface area contributed by atoms with Crippen LogP contribution in [-0.2, 0) is 26.2 Å². The lowest BCUT2D eigenvalue weighted by molar-refractivity contribution is -0.141. The molecule has 37 heavy (non-hydrogen) atoms. The van der Waals surface area contributed by atoms with Gasteiger partial charge in [-0.15, -0.1) is 0 Å². The smallest absolute Gasteiger partial charge is 0.243 e. The molecule has 0 aliphatic heterocycles. The van der Waals surface area contributed by atoms with Crippen molar-refractivity contribution in [1.82, 2.24) is 10.2 Å². The monoisotopic (exact) mass is 531 g/mol. The van der Waals surface area contributed by atoms with Crippen molar-refractivity contribution in [3.63, 3.8) is 0 Å². The molecule has 0 saturated heterocycles. The number of hydrogen-bond acceptors (Lipinski definition) is 5. The molecule has 1 N–H and O–H groups in total. The highest BCUT2D eigenvalue weighted by Crippen LogP contribution is 2.21. The van der Waals surface area contributed by atoms with Gasteiger partial charge in [0.1, 0.15) is 11.8 Å². The summed E-state index contributed by atoms with van der Waals surface area (Å²) in [5, 5.41) is 3.00. The average Bonchev–Trinajstić information content (AvgIpc) is 2.85. The van der Waals surface area contributed by atoms with E-state index in [1.165, 1.54) is 10.6 Å². The Balaban J connectivity index is 2.25. The Morgan fingerprint density at radius 1 is 1.05 bits per heavy atom. The van der Waals surface area contributed by atoms with Crippen molar-refractivity contribution < 1.29 is 22.7 Å². The quantitative estimate of drug-likeness (QED) is 0.393. The number of nitrogens with one attached hydrogen (secondary N) is 1. The van der Waals surface area contributed by atoms with Crippen LogP contribution < -0.4 is 14.4 Å². The Morgan fingerprint density at radius 2 is 1.76 bits per heavy atom. The molecule has 0 radical (unpaired) electrons. The first-order valence-electron chi connectivity index (χ1n) is 12.8. The minimum atomic E-state index is -3.53. The minimum absolute atomic E-state index is 0.00651. The van der Waals surface area contributed by atoms with Gasteiger partial charge in [-0.1, -0.05) is 38.1 Å². The lowest BCUT2D eigenvalue weighted by Gasteiger charge is -2.32. The molecule has 0 bridgehead atoms. The van der Waals surface area contributed by atoms with Crippen LogP contribution in [0.15, 0.2) is 48.5 Å². The molecule has 0 heterocycles. The Labute approximate surface area is 222 Å². The molecule has 2 amide bonds. The van der Waals surface area contributed by atoms with Gasteiger partial charge in [0.15, 0.2) is 0 Å². The number of benzene rings is 2. The molecule has 204 valence electrons. The molecule has 2 rings (SSSR count). The SMILES string of the molecule is CC[C@@H](C)NC(=O)[C@H](CC)N(Cc1cccc(OC)c1)C(=O)CCCN(c1cccc(C)c1)S(C)(=O)=O. The van der Waals surface area contributed by atoms with Crippen molar-refractivity contribution in [2.45, 2.75) is 72.0 Å². The summed E-state index contributed by atoms with van der Waals surface area (Å²) >= 11 is 0. The second kappa shape index (κ2) is 14.0. The van der Waals surface area contributed by atoms with Crippen molar-refractivity contribution in [2.24, 2.45) is 0 Å². The maximum Gasteiger partial charge on any atom is 0.243 e. The van der Waals surface area contributed by atoms with Crippen LogP contribution >= 0.6 is 0 Å². The molecule has 8 nitrogen and oxygen atoms in total. The van der Waals surface area contributed by atoms with E-state index in [-0.39, 0.29) is 37.4 Å². The number of nitrogens with zero attached hydrogens (tertiary/aromatic N) is 2. The van der Waals surface area contributed by atoms with Gasteiger partial charge in [-0.05, 0) is 68.5 Å². The standard InChI is InChI=1S/C28H41N3O5S/c1-7-22(4)29-28(33)26(8-2)30(20-23-13-10-15-25(19-23)36-5)27(32)16-11-17-31(37(6,34)35)24-14-9-12-21(3)18-24/h9-10,12-15,18-19,22,26H,7-8,11,16-17,20H2,1-6H3,(H,29,33)/t22-,26+/m1/s1. The Kier molecular flexibility index (Phi) is 11.4. The van der Waals surface area contributed by atoms with E-state index in [0.717, 1.165) is 17.5 Å². The Hall–Kier alpha value is -3.07. The van der Waals surface area contributed by atoms with E-state index in [2.05, 4.69) is 5.32 Å². The fraction of sp³-hybridized carbons (Fsp3) is 0.500. The second-order valence-electron chi connectivity index (χ2n) is 9.39. The molecule has 0 aliphatic rings. The third-order valence-corrected chi connectivity index (χ3v) is 7.51. The summed E-state index contributed by atoms with van der Waals surface area (Å²) in [4.78, 5) is 28.2. The van der Waals surface area contributed by atoms with Crippen molar-refractivity contribution >= 4 is 27.5 Å². The summed E-state index contributed by atoms with van der Waals surface area (Å²) in [5.74, 6) is 0.279. The zero-order chi connectivity index (χ0) is 27.6. The molecular formula is C28H41N3O5S. The van der Waals surface area contributed by atoms with Crippen LogP contribution in [0.25, 0.3) is 0 Å². The molecule has 0 aliphatic carbocycles. The van der Waals surface area contributed by atoms with Gasteiger partial charge in [-0.25, -0.2) is 8.42 Å². The van der Waals surface area contributed by atoms with Crippen molar-refractivity contribution in [3.8, 4) is 5.75 Å². The number of rotatable bonds is 14. The Morgan fingerprint density at radius 3 is 2.35 bits per heavy atom. The number of ether oxygens (including phenoxy) is 1. The Bertz CT molecular complexity index is 1150. The molecule has 2 aromatic rings. The van der Waals surface area contributed by atoms with Crippen molar-refractivity contribution in [3.05, 3.63) is 59.7 Å². The molecule has 9 heteroatoms. The van der Waals surface area contributed by atoms with E-state index in [9.17, 15) is 18.0 Å². The highest BCUT2D eigenvalue weighted by Gasteiger charge is 2.29. The summed E-state index contributed by atoms with van der Waals surface area (Å²) in [5.41, 5.74) is 2.37. The predicted molar refractivity (Wildman–Crippen MR) is 148 cm³/mol. The van der Waals surface area contributed by atoms with Gasteiger partial charge in [0.05, 0.1) is 19.1 Å². The largest absolute Gasteiger partial charge is 0.497 e. The fourth-order valence-electron chi connectivity index (χ4n) is 4.12. The second-order valence-corrected chi connectivity index (χ2v) is 11.3.